The third-order valence-electron chi connectivity index (χ3n) is 3.26. The molecule has 18 heavy (non-hydrogen) atoms. The second-order valence-electron chi connectivity index (χ2n) is 5.13. The fourth-order valence-electron chi connectivity index (χ4n) is 1.96. The largest absolute Gasteiger partial charge is 0.416 e. The van der Waals surface area contributed by atoms with Crippen molar-refractivity contribution in [2.75, 3.05) is 19.0 Å². The number of aliphatic hydroxyl groups is 1. The summed E-state index contributed by atoms with van der Waals surface area (Å²) in [7, 11) is 3.55. The normalized spacial score (nSPS) is 17.7. The van der Waals surface area contributed by atoms with Crippen LogP contribution in [0.15, 0.2) is 18.2 Å². The molecule has 1 saturated carbocycles. The highest BCUT2D eigenvalue weighted by molar-refractivity contribution is 5.51. The first-order valence-corrected chi connectivity index (χ1v) is 5.81. The molecule has 1 aromatic rings. The maximum Gasteiger partial charge on any atom is 0.416 e. The van der Waals surface area contributed by atoms with Gasteiger partial charge in [-0.15, -0.1) is 0 Å². The van der Waals surface area contributed by atoms with Gasteiger partial charge >= 0.3 is 6.18 Å². The number of anilines is 1. The van der Waals surface area contributed by atoms with Crippen LogP contribution >= 0.6 is 0 Å². The lowest BCUT2D eigenvalue weighted by atomic mass is 9.99. The first-order valence-electron chi connectivity index (χ1n) is 5.81. The van der Waals surface area contributed by atoms with Crippen LogP contribution in [0.4, 0.5) is 18.9 Å². The quantitative estimate of drug-likeness (QED) is 0.902. The van der Waals surface area contributed by atoms with E-state index >= 15 is 0 Å². The molecule has 0 unspecified atom stereocenters. The summed E-state index contributed by atoms with van der Waals surface area (Å²) in [5.41, 5.74) is -0.685. The molecule has 0 bridgehead atoms. The summed E-state index contributed by atoms with van der Waals surface area (Å²) in [6.45, 7) is 0. The lowest BCUT2D eigenvalue weighted by Crippen LogP contribution is -2.18. The molecule has 0 heterocycles. The Morgan fingerprint density at radius 1 is 1.28 bits per heavy atom. The molecule has 0 radical (unpaired) electrons. The Balaban J connectivity index is 2.39. The van der Waals surface area contributed by atoms with Crippen molar-refractivity contribution in [2.45, 2.75) is 31.0 Å². The van der Waals surface area contributed by atoms with Crippen LogP contribution in [0.5, 0.6) is 0 Å². The van der Waals surface area contributed by atoms with E-state index < -0.39 is 17.3 Å². The van der Waals surface area contributed by atoms with Gasteiger partial charge in [-0.05, 0) is 36.6 Å². The van der Waals surface area contributed by atoms with Crippen LogP contribution < -0.4 is 4.90 Å². The number of hydrogen-bond donors (Lipinski definition) is 1. The van der Waals surface area contributed by atoms with Gasteiger partial charge in [0.15, 0.2) is 0 Å². The van der Waals surface area contributed by atoms with Crippen molar-refractivity contribution in [1.82, 2.24) is 0 Å². The van der Waals surface area contributed by atoms with E-state index in [0.29, 0.717) is 18.5 Å². The molecule has 0 saturated heterocycles. The Morgan fingerprint density at radius 2 is 1.89 bits per heavy atom. The highest BCUT2D eigenvalue weighted by atomic mass is 19.4. The Kier molecular flexibility index (Phi) is 3.05. The van der Waals surface area contributed by atoms with Gasteiger partial charge in [0.2, 0.25) is 0 Å². The van der Waals surface area contributed by atoms with Crippen LogP contribution in [0.1, 0.15) is 24.0 Å². The van der Waals surface area contributed by atoms with Crippen molar-refractivity contribution in [1.29, 1.82) is 0 Å². The summed E-state index contributed by atoms with van der Waals surface area (Å²) in [4.78, 5) is 1.75. The van der Waals surface area contributed by atoms with Gasteiger partial charge in [0.1, 0.15) is 0 Å². The van der Waals surface area contributed by atoms with Crippen molar-refractivity contribution in [3.63, 3.8) is 0 Å². The molecule has 1 aliphatic carbocycles. The van der Waals surface area contributed by atoms with E-state index in [9.17, 15) is 18.3 Å². The second-order valence-corrected chi connectivity index (χ2v) is 5.13. The lowest BCUT2D eigenvalue weighted by Gasteiger charge is -2.19. The molecular weight excluding hydrogens is 243 g/mol. The second kappa shape index (κ2) is 4.16. The first-order chi connectivity index (χ1) is 8.21. The average molecular weight is 259 g/mol. The fraction of sp³-hybridized carbons (Fsp3) is 0.538. The average Bonchev–Trinajstić information content (AvgIpc) is 2.94. The molecule has 0 spiro atoms. The monoisotopic (exact) mass is 259 g/mol. The minimum Gasteiger partial charge on any atom is -0.390 e. The molecule has 1 aromatic carbocycles. The van der Waals surface area contributed by atoms with Crippen LogP contribution in [0.25, 0.3) is 0 Å². The summed E-state index contributed by atoms with van der Waals surface area (Å²) in [5, 5.41) is 9.82. The molecular formula is C13H16F3NO. The molecule has 2 rings (SSSR count). The van der Waals surface area contributed by atoms with Crippen molar-refractivity contribution in [2.24, 2.45) is 0 Å². The first kappa shape index (κ1) is 13.2. The van der Waals surface area contributed by atoms with Gasteiger partial charge in [0.25, 0.3) is 0 Å². The van der Waals surface area contributed by atoms with E-state index in [1.807, 2.05) is 0 Å². The highest BCUT2D eigenvalue weighted by Crippen LogP contribution is 2.42. The predicted octanol–water partition coefficient (Wildman–Crippen LogP) is 2.84. The van der Waals surface area contributed by atoms with E-state index in [0.717, 1.165) is 6.07 Å². The summed E-state index contributed by atoms with van der Waals surface area (Å²) < 4.78 is 38.6. The van der Waals surface area contributed by atoms with Gasteiger partial charge in [0.05, 0.1) is 11.2 Å². The summed E-state index contributed by atoms with van der Waals surface area (Å²) in [5.74, 6) is 0. The number of alkyl halides is 3. The number of hydrogen-bond acceptors (Lipinski definition) is 2. The van der Waals surface area contributed by atoms with Gasteiger partial charge < -0.3 is 10.0 Å². The van der Waals surface area contributed by atoms with Gasteiger partial charge in [-0.2, -0.15) is 13.2 Å². The van der Waals surface area contributed by atoms with Gasteiger partial charge in [-0.25, -0.2) is 0 Å². The topological polar surface area (TPSA) is 23.5 Å². The molecule has 0 amide bonds. The van der Waals surface area contributed by atoms with Crippen molar-refractivity contribution < 1.29 is 18.3 Å². The summed E-state index contributed by atoms with van der Waals surface area (Å²) in [6.07, 6.45) is -3.14. The molecule has 100 valence electrons. The van der Waals surface area contributed by atoms with Crippen molar-refractivity contribution >= 4 is 5.69 Å². The zero-order valence-electron chi connectivity index (χ0n) is 10.4. The zero-order valence-corrected chi connectivity index (χ0v) is 10.4. The number of nitrogens with zero attached hydrogens (tertiary/aromatic N) is 1. The molecule has 1 N–H and O–H groups in total. The Morgan fingerprint density at radius 3 is 2.33 bits per heavy atom. The lowest BCUT2D eigenvalue weighted by molar-refractivity contribution is -0.138. The minimum atomic E-state index is -4.37. The maximum absolute atomic E-state index is 12.9. The maximum atomic E-state index is 12.9. The molecule has 2 nitrogen and oxygen atoms in total. The molecule has 1 aliphatic rings. The van der Waals surface area contributed by atoms with E-state index in [4.69, 9.17) is 0 Å². The standard InChI is InChI=1S/C13H16F3NO/c1-17(2)10-3-4-11(13(14,15)16)9(7-10)8-12(18)5-6-12/h3-4,7,18H,5-6,8H2,1-2H3. The van der Waals surface area contributed by atoms with Crippen LogP contribution in [-0.4, -0.2) is 24.8 Å². The van der Waals surface area contributed by atoms with Crippen LogP contribution in [0.3, 0.4) is 0 Å². The Labute approximate surface area is 104 Å². The van der Waals surface area contributed by atoms with E-state index in [1.165, 1.54) is 12.1 Å². The molecule has 0 aliphatic heterocycles. The number of halogens is 3. The van der Waals surface area contributed by atoms with E-state index in [-0.39, 0.29) is 12.0 Å². The van der Waals surface area contributed by atoms with E-state index in [2.05, 4.69) is 0 Å². The summed E-state index contributed by atoms with van der Waals surface area (Å²) in [6, 6.07) is 4.05. The molecule has 5 heteroatoms. The highest BCUT2D eigenvalue weighted by Gasteiger charge is 2.43. The van der Waals surface area contributed by atoms with E-state index in [1.54, 1.807) is 19.0 Å². The molecule has 0 atom stereocenters. The predicted molar refractivity (Wildman–Crippen MR) is 63.7 cm³/mol. The smallest absolute Gasteiger partial charge is 0.390 e. The Hall–Kier alpha value is -1.23. The van der Waals surface area contributed by atoms with Gasteiger partial charge in [0, 0.05) is 26.2 Å². The minimum absolute atomic E-state index is 0.0729. The molecule has 1 fully saturated rings. The SMILES string of the molecule is CN(C)c1ccc(C(F)(F)F)c(CC2(O)CC2)c1. The number of benzene rings is 1. The third-order valence-corrected chi connectivity index (χ3v) is 3.26. The Bertz CT molecular complexity index is 450. The van der Waals surface area contributed by atoms with Crippen molar-refractivity contribution in [3.8, 4) is 0 Å². The van der Waals surface area contributed by atoms with Crippen molar-refractivity contribution in [3.05, 3.63) is 29.3 Å². The number of rotatable bonds is 3. The van der Waals surface area contributed by atoms with Gasteiger partial charge in [-0.3, -0.25) is 0 Å². The van der Waals surface area contributed by atoms with Crippen LogP contribution in [0.2, 0.25) is 0 Å². The summed E-state index contributed by atoms with van der Waals surface area (Å²) >= 11 is 0. The van der Waals surface area contributed by atoms with Crippen LogP contribution in [0, 0.1) is 0 Å². The van der Waals surface area contributed by atoms with Crippen LogP contribution in [-0.2, 0) is 12.6 Å². The zero-order chi connectivity index (χ0) is 13.6. The molecule has 0 aromatic heterocycles. The fourth-order valence-corrected chi connectivity index (χ4v) is 1.96. The third kappa shape index (κ3) is 2.77. The van der Waals surface area contributed by atoms with Gasteiger partial charge in [-0.1, -0.05) is 0 Å².